The van der Waals surface area contributed by atoms with E-state index in [1.165, 1.54) is 157 Å². The van der Waals surface area contributed by atoms with Crippen LogP contribution in [0.5, 0.6) is 0 Å². The second-order valence-corrected chi connectivity index (χ2v) is 19.6. The number of hydrogen-bond acceptors (Lipinski definition) is 3. The zero-order valence-electron chi connectivity index (χ0n) is 41.3. The predicted molar refractivity (Wildman–Crippen MR) is 291 cm³/mol. The topological polar surface area (TPSA) is 49.6 Å². The third-order valence-corrected chi connectivity index (χ3v) is 14.7. The smallest absolute Gasteiger partial charge is 0.160 e. The van der Waals surface area contributed by atoms with Gasteiger partial charge in [0.1, 0.15) is 0 Å². The Morgan fingerprint density at radius 2 is 0.768 bits per heavy atom. The number of unbranched alkanes of at least 4 members (excludes halogenated alkanes) is 10. The Hall–Kier alpha value is -6.89. The van der Waals surface area contributed by atoms with Gasteiger partial charge in [0.15, 0.2) is 5.82 Å². The van der Waals surface area contributed by atoms with Crippen molar-refractivity contribution >= 4 is 0 Å². The van der Waals surface area contributed by atoms with E-state index in [0.717, 1.165) is 22.5 Å². The Morgan fingerprint density at radius 1 is 0.391 bits per heavy atom. The summed E-state index contributed by atoms with van der Waals surface area (Å²) in [7, 11) is 0. The predicted octanol–water partition coefficient (Wildman–Crippen LogP) is 18.7. The Bertz CT molecular complexity index is 2990. The SMILES string of the molecule is CCCCCCCCC1(CCCCCCCC)c2cc(-c3ccc(-c4ccc(C)cc4)cc3)ccc2-c2ccc(-c3ccc(-c4ccc(-c5cc(C)nc(-c6ccc(C#N)cc6)n5)cc4)cc3)cc21. The highest BCUT2D eigenvalue weighted by molar-refractivity contribution is 5.87. The van der Waals surface area contributed by atoms with Crippen LogP contribution in [0, 0.1) is 25.2 Å². The zero-order valence-corrected chi connectivity index (χ0v) is 41.3. The lowest BCUT2D eigenvalue weighted by molar-refractivity contribution is 0.398. The van der Waals surface area contributed by atoms with E-state index in [2.05, 4.69) is 160 Å². The number of hydrogen-bond donors (Lipinski definition) is 0. The molecule has 8 aromatic rings. The molecular formula is C66H67N3. The van der Waals surface area contributed by atoms with Gasteiger partial charge in [-0.2, -0.15) is 5.26 Å². The summed E-state index contributed by atoms with van der Waals surface area (Å²) in [5.74, 6) is 0.663. The van der Waals surface area contributed by atoms with E-state index in [9.17, 15) is 5.26 Å². The van der Waals surface area contributed by atoms with E-state index in [1.807, 2.05) is 37.3 Å². The largest absolute Gasteiger partial charge is 0.233 e. The maximum Gasteiger partial charge on any atom is 0.160 e. The maximum absolute atomic E-state index is 9.26. The zero-order chi connectivity index (χ0) is 47.6. The normalized spacial score (nSPS) is 12.4. The molecule has 0 N–H and O–H groups in total. The molecule has 0 amide bonds. The van der Waals surface area contributed by atoms with Gasteiger partial charge in [-0.3, -0.25) is 0 Å². The number of nitriles is 1. The molecule has 0 radical (unpaired) electrons. The fourth-order valence-electron chi connectivity index (χ4n) is 10.8. The van der Waals surface area contributed by atoms with Crippen LogP contribution in [0.1, 0.15) is 132 Å². The molecule has 1 heterocycles. The van der Waals surface area contributed by atoms with Crippen LogP contribution in [0.2, 0.25) is 0 Å². The Labute approximate surface area is 412 Å². The summed E-state index contributed by atoms with van der Waals surface area (Å²) in [4.78, 5) is 9.63. The van der Waals surface area contributed by atoms with Gasteiger partial charge in [-0.15, -0.1) is 0 Å². The molecule has 0 atom stereocenters. The molecule has 9 rings (SSSR count). The molecule has 1 aliphatic carbocycles. The van der Waals surface area contributed by atoms with E-state index < -0.39 is 0 Å². The van der Waals surface area contributed by atoms with Crippen molar-refractivity contribution in [2.45, 2.75) is 123 Å². The lowest BCUT2D eigenvalue weighted by atomic mass is 9.70. The fourth-order valence-corrected chi connectivity index (χ4v) is 10.8. The summed E-state index contributed by atoms with van der Waals surface area (Å²) in [5, 5.41) is 9.26. The molecule has 346 valence electrons. The minimum absolute atomic E-state index is 0.0271. The molecule has 1 aliphatic rings. The van der Waals surface area contributed by atoms with Crippen molar-refractivity contribution < 1.29 is 0 Å². The quantitative estimate of drug-likeness (QED) is 0.0716. The van der Waals surface area contributed by atoms with E-state index in [1.54, 1.807) is 5.56 Å². The van der Waals surface area contributed by atoms with Crippen molar-refractivity contribution in [3.05, 3.63) is 192 Å². The number of benzene rings is 7. The van der Waals surface area contributed by atoms with Crippen molar-refractivity contribution in [1.29, 1.82) is 5.26 Å². The number of rotatable bonds is 20. The Kier molecular flexibility index (Phi) is 15.1. The van der Waals surface area contributed by atoms with Crippen LogP contribution in [0.25, 0.3) is 78.3 Å². The summed E-state index contributed by atoms with van der Waals surface area (Å²) in [6.45, 7) is 8.79. The van der Waals surface area contributed by atoms with Gasteiger partial charge in [0.05, 0.1) is 17.3 Å². The molecule has 1 aromatic heterocycles. The van der Waals surface area contributed by atoms with Crippen molar-refractivity contribution in [1.82, 2.24) is 9.97 Å². The molecule has 3 nitrogen and oxygen atoms in total. The van der Waals surface area contributed by atoms with Crippen LogP contribution >= 0.6 is 0 Å². The first kappa shape index (κ1) is 47.2. The second kappa shape index (κ2) is 22.0. The fraction of sp³-hybridized carbons (Fsp3) is 0.288. The molecule has 0 bridgehead atoms. The van der Waals surface area contributed by atoms with Gasteiger partial charge in [0.25, 0.3) is 0 Å². The first-order chi connectivity index (χ1) is 33.8. The van der Waals surface area contributed by atoms with Gasteiger partial charge < -0.3 is 0 Å². The van der Waals surface area contributed by atoms with Crippen molar-refractivity contribution in [3.8, 4) is 84.3 Å². The van der Waals surface area contributed by atoms with E-state index in [0.29, 0.717) is 11.4 Å². The Morgan fingerprint density at radius 3 is 1.22 bits per heavy atom. The number of nitrogens with zero attached hydrogens (tertiary/aromatic N) is 3. The van der Waals surface area contributed by atoms with Crippen molar-refractivity contribution in [3.63, 3.8) is 0 Å². The summed E-state index contributed by atoms with van der Waals surface area (Å²) >= 11 is 0. The second-order valence-electron chi connectivity index (χ2n) is 19.6. The number of aromatic nitrogens is 2. The molecule has 7 aromatic carbocycles. The number of aryl methyl sites for hydroxylation is 2. The molecule has 0 aliphatic heterocycles. The number of fused-ring (bicyclic) bond motifs is 3. The van der Waals surface area contributed by atoms with E-state index in [4.69, 9.17) is 9.97 Å². The van der Waals surface area contributed by atoms with Crippen LogP contribution in [0.4, 0.5) is 0 Å². The molecule has 3 heteroatoms. The monoisotopic (exact) mass is 902 g/mol. The summed E-state index contributed by atoms with van der Waals surface area (Å²) < 4.78 is 0. The highest BCUT2D eigenvalue weighted by atomic mass is 14.9. The summed E-state index contributed by atoms with van der Waals surface area (Å²) in [6, 6.07) is 62.5. The van der Waals surface area contributed by atoms with Crippen LogP contribution in [-0.4, -0.2) is 9.97 Å². The highest BCUT2D eigenvalue weighted by Gasteiger charge is 2.42. The molecule has 0 saturated heterocycles. The minimum Gasteiger partial charge on any atom is -0.233 e. The molecule has 0 unspecified atom stereocenters. The average Bonchev–Trinajstić information content (AvgIpc) is 3.66. The van der Waals surface area contributed by atoms with Gasteiger partial charge in [-0.1, -0.05) is 218 Å². The molecule has 0 spiro atoms. The van der Waals surface area contributed by atoms with E-state index in [-0.39, 0.29) is 5.41 Å². The molecule has 0 saturated carbocycles. The third kappa shape index (κ3) is 10.7. The molecule has 69 heavy (non-hydrogen) atoms. The van der Waals surface area contributed by atoms with Crippen LogP contribution in [-0.2, 0) is 5.41 Å². The first-order valence-corrected chi connectivity index (χ1v) is 25.9. The van der Waals surface area contributed by atoms with Gasteiger partial charge in [-0.05, 0) is 136 Å². The van der Waals surface area contributed by atoms with Crippen LogP contribution in [0.3, 0.4) is 0 Å². The van der Waals surface area contributed by atoms with E-state index >= 15 is 0 Å². The third-order valence-electron chi connectivity index (χ3n) is 14.7. The summed E-state index contributed by atoms with van der Waals surface area (Å²) in [6.07, 6.45) is 18.0. The Balaban J connectivity index is 1.02. The highest BCUT2D eigenvalue weighted by Crippen LogP contribution is 2.56. The van der Waals surface area contributed by atoms with Gasteiger partial charge in [0.2, 0.25) is 0 Å². The first-order valence-electron chi connectivity index (χ1n) is 25.9. The van der Waals surface area contributed by atoms with Crippen molar-refractivity contribution in [2.75, 3.05) is 0 Å². The lowest BCUT2D eigenvalue weighted by Crippen LogP contribution is -2.25. The minimum atomic E-state index is -0.0271. The standard InChI is InChI=1S/C66H67N3/c1-5-7-9-11-13-15-41-66(42-16-14-12-10-8-6-2)62-44-58(54-29-25-51(26-30-54)50-21-17-47(3)18-22-50)37-39-60(62)61-40-38-59(45-63(61)66)55-31-27-52(28-32-55)53-33-35-56(36-34-53)64-43-48(4)68-65(69-64)57-23-19-49(46-67)20-24-57/h17-40,43-45H,5-16,41-42H2,1-4H3. The van der Waals surface area contributed by atoms with Crippen molar-refractivity contribution in [2.24, 2.45) is 0 Å². The van der Waals surface area contributed by atoms with Crippen LogP contribution in [0.15, 0.2) is 164 Å². The molecule has 0 fully saturated rings. The molecular weight excluding hydrogens is 835 g/mol. The maximum atomic E-state index is 9.26. The van der Waals surface area contributed by atoms with Gasteiger partial charge >= 0.3 is 0 Å². The summed E-state index contributed by atoms with van der Waals surface area (Å²) in [5.41, 5.74) is 21.6. The lowest BCUT2D eigenvalue weighted by Gasteiger charge is -2.33. The van der Waals surface area contributed by atoms with Gasteiger partial charge in [-0.25, -0.2) is 9.97 Å². The van der Waals surface area contributed by atoms with Gasteiger partial charge in [0, 0.05) is 22.2 Å². The van der Waals surface area contributed by atoms with Crippen LogP contribution < -0.4 is 0 Å². The average molecular weight is 902 g/mol.